The molecule has 0 saturated carbocycles. The van der Waals surface area contributed by atoms with Crippen molar-refractivity contribution in [1.29, 1.82) is 0 Å². The zero-order chi connectivity index (χ0) is 31.6. The van der Waals surface area contributed by atoms with Gasteiger partial charge in [-0.05, 0) is 59.7 Å². The first-order valence-electron chi connectivity index (χ1n) is 16.0. The van der Waals surface area contributed by atoms with E-state index in [9.17, 15) is 0 Å². The smallest absolute Gasteiger partial charge is 0.235 e. The van der Waals surface area contributed by atoms with Gasteiger partial charge >= 0.3 is 0 Å². The fourth-order valence-corrected chi connectivity index (χ4v) is 7.20. The molecule has 0 aliphatic carbocycles. The Bertz CT molecular complexity index is 2850. The van der Waals surface area contributed by atoms with Crippen molar-refractivity contribution in [3.05, 3.63) is 158 Å². The Balaban J connectivity index is 1.30. The van der Waals surface area contributed by atoms with Crippen LogP contribution in [-0.2, 0) is 0 Å². The summed E-state index contributed by atoms with van der Waals surface area (Å²) >= 11 is 0. The molecule has 0 bridgehead atoms. The van der Waals surface area contributed by atoms with Crippen molar-refractivity contribution < 1.29 is 0 Å². The average Bonchev–Trinajstić information content (AvgIpc) is 3.68. The van der Waals surface area contributed by atoms with Crippen LogP contribution >= 0.6 is 0 Å². The molecule has 224 valence electrons. The van der Waals surface area contributed by atoms with Crippen molar-refractivity contribution in [2.75, 3.05) is 0 Å². The summed E-state index contributed by atoms with van der Waals surface area (Å²) in [7, 11) is 0. The molecule has 4 aromatic heterocycles. The quantitative estimate of drug-likeness (QED) is 0.198. The molecule has 6 heteroatoms. The van der Waals surface area contributed by atoms with Gasteiger partial charge in [0.2, 0.25) is 5.95 Å². The molecule has 0 unspecified atom stereocenters. The molecule has 0 amide bonds. The average molecular weight is 615 g/mol. The van der Waals surface area contributed by atoms with E-state index in [4.69, 9.17) is 9.97 Å². The Hall–Kier alpha value is -6.66. The van der Waals surface area contributed by atoms with Gasteiger partial charge in [-0.3, -0.25) is 4.57 Å². The summed E-state index contributed by atoms with van der Waals surface area (Å²) in [6, 6.07) is 51.2. The predicted molar refractivity (Wildman–Crippen MR) is 195 cm³/mol. The summed E-state index contributed by atoms with van der Waals surface area (Å²) in [5.41, 5.74) is 10.5. The first-order chi connectivity index (χ1) is 23.8. The molecule has 4 heterocycles. The van der Waals surface area contributed by atoms with Crippen LogP contribution < -0.4 is 0 Å². The Morgan fingerprint density at radius 3 is 1.98 bits per heavy atom. The molecule has 0 aliphatic heterocycles. The van der Waals surface area contributed by atoms with Gasteiger partial charge < -0.3 is 4.57 Å². The summed E-state index contributed by atoms with van der Waals surface area (Å²) in [5, 5.41) is 14.0. The highest BCUT2D eigenvalue weighted by Gasteiger charge is 2.22. The topological polar surface area (TPSA) is 61.4 Å². The lowest BCUT2D eigenvalue weighted by atomic mass is 10.1. The number of benzene rings is 6. The molecule has 10 aromatic rings. The van der Waals surface area contributed by atoms with E-state index in [1.54, 1.807) is 6.20 Å². The lowest BCUT2D eigenvalue weighted by Gasteiger charge is -2.13. The maximum absolute atomic E-state index is 5.22. The number of hydrogen-bond acceptors (Lipinski definition) is 4. The third-order valence-corrected chi connectivity index (χ3v) is 9.33. The molecule has 10 rings (SSSR count). The fraction of sp³-hybridized carbons (Fsp3) is 0. The van der Waals surface area contributed by atoms with E-state index in [0.717, 1.165) is 60.7 Å². The Kier molecular flexibility index (Phi) is 5.77. The van der Waals surface area contributed by atoms with Crippen LogP contribution in [0.3, 0.4) is 0 Å². The highest BCUT2D eigenvalue weighted by molar-refractivity contribution is 6.23. The van der Waals surface area contributed by atoms with Crippen molar-refractivity contribution in [3.8, 4) is 34.0 Å². The molecular weight excluding hydrogens is 589 g/mol. The summed E-state index contributed by atoms with van der Waals surface area (Å²) in [4.78, 5) is 10.1. The molecule has 0 radical (unpaired) electrons. The number of aromatic nitrogens is 6. The summed E-state index contributed by atoms with van der Waals surface area (Å²) in [6.45, 7) is 0. The summed E-state index contributed by atoms with van der Waals surface area (Å²) in [6.07, 6.45) is 3.57. The van der Waals surface area contributed by atoms with Gasteiger partial charge in [-0.1, -0.05) is 97.1 Å². The SMILES string of the molecule is c1ccc(-c2cccc(-n3c4ccccc4c4ccc5c6ccccc6n(-c6nccc(-c7ccc8nnccc8c7)n6)c5c43)c2)cc1. The largest absolute Gasteiger partial charge is 0.307 e. The minimum Gasteiger partial charge on any atom is -0.307 e. The number of fused-ring (bicyclic) bond motifs is 8. The zero-order valence-corrected chi connectivity index (χ0v) is 25.7. The van der Waals surface area contributed by atoms with Gasteiger partial charge in [0.25, 0.3) is 0 Å². The van der Waals surface area contributed by atoms with Gasteiger partial charge in [0.15, 0.2) is 0 Å². The molecule has 48 heavy (non-hydrogen) atoms. The van der Waals surface area contributed by atoms with Crippen molar-refractivity contribution in [2.24, 2.45) is 0 Å². The second-order valence-corrected chi connectivity index (χ2v) is 12.0. The van der Waals surface area contributed by atoms with Crippen LogP contribution in [0, 0.1) is 0 Å². The van der Waals surface area contributed by atoms with Crippen molar-refractivity contribution >= 4 is 54.5 Å². The van der Waals surface area contributed by atoms with E-state index in [1.165, 1.54) is 21.9 Å². The van der Waals surface area contributed by atoms with Crippen LogP contribution in [0.2, 0.25) is 0 Å². The van der Waals surface area contributed by atoms with Crippen molar-refractivity contribution in [1.82, 2.24) is 29.3 Å². The molecule has 0 atom stereocenters. The summed E-state index contributed by atoms with van der Waals surface area (Å²) in [5.74, 6) is 0.619. The van der Waals surface area contributed by atoms with Crippen LogP contribution in [0.4, 0.5) is 0 Å². The van der Waals surface area contributed by atoms with Crippen LogP contribution in [0.1, 0.15) is 0 Å². The van der Waals surface area contributed by atoms with Crippen LogP contribution in [0.15, 0.2) is 158 Å². The fourth-order valence-electron chi connectivity index (χ4n) is 7.20. The molecule has 0 saturated heterocycles. The normalized spacial score (nSPS) is 11.8. The monoisotopic (exact) mass is 614 g/mol. The molecule has 6 aromatic carbocycles. The minimum absolute atomic E-state index is 0.619. The third-order valence-electron chi connectivity index (χ3n) is 9.33. The number of rotatable bonds is 4. The second-order valence-electron chi connectivity index (χ2n) is 12.0. The van der Waals surface area contributed by atoms with E-state index in [-0.39, 0.29) is 0 Å². The second kappa shape index (κ2) is 10.4. The van der Waals surface area contributed by atoms with Gasteiger partial charge in [0.05, 0.1) is 39.5 Å². The predicted octanol–water partition coefficient (Wildman–Crippen LogP) is 9.95. The summed E-state index contributed by atoms with van der Waals surface area (Å²) < 4.78 is 4.64. The van der Waals surface area contributed by atoms with Gasteiger partial charge in [0, 0.05) is 44.4 Å². The maximum atomic E-state index is 5.22. The molecule has 0 fully saturated rings. The van der Waals surface area contributed by atoms with E-state index in [0.29, 0.717) is 5.95 Å². The lowest BCUT2D eigenvalue weighted by molar-refractivity contribution is 0.991. The van der Waals surface area contributed by atoms with Gasteiger partial charge in [-0.15, -0.1) is 0 Å². The van der Waals surface area contributed by atoms with E-state index >= 15 is 0 Å². The van der Waals surface area contributed by atoms with Gasteiger partial charge in [0.1, 0.15) is 0 Å². The van der Waals surface area contributed by atoms with Crippen LogP contribution in [0.5, 0.6) is 0 Å². The van der Waals surface area contributed by atoms with Gasteiger partial charge in [-0.25, -0.2) is 9.97 Å². The van der Waals surface area contributed by atoms with E-state index in [2.05, 4.69) is 141 Å². The molecule has 6 nitrogen and oxygen atoms in total. The first-order valence-corrected chi connectivity index (χ1v) is 16.0. The third kappa shape index (κ3) is 3.99. The Morgan fingerprint density at radius 2 is 1.17 bits per heavy atom. The standard InChI is InChI=1S/C42H26N6/c1-2-9-27(10-3-1)28-11-8-12-31(26-28)47-38-15-6-4-13-32(38)34-18-19-35-33-14-5-7-16-39(33)48(41(35)40(34)47)42-43-23-22-36(45-42)29-17-20-37-30(25-29)21-24-44-46-37/h1-26H. The Morgan fingerprint density at radius 1 is 0.458 bits per heavy atom. The van der Waals surface area contributed by atoms with Crippen molar-refractivity contribution in [3.63, 3.8) is 0 Å². The van der Waals surface area contributed by atoms with E-state index in [1.807, 2.05) is 30.5 Å². The molecular formula is C42H26N6. The molecule has 0 N–H and O–H groups in total. The van der Waals surface area contributed by atoms with Gasteiger partial charge in [-0.2, -0.15) is 10.2 Å². The minimum atomic E-state index is 0.619. The zero-order valence-electron chi connectivity index (χ0n) is 25.7. The lowest BCUT2D eigenvalue weighted by Crippen LogP contribution is -2.03. The maximum Gasteiger partial charge on any atom is 0.235 e. The van der Waals surface area contributed by atoms with Crippen LogP contribution in [0.25, 0.3) is 88.5 Å². The number of hydrogen-bond donors (Lipinski definition) is 0. The number of nitrogens with zero attached hydrogens (tertiary/aromatic N) is 6. The first kappa shape index (κ1) is 26.5. The van der Waals surface area contributed by atoms with E-state index < -0.39 is 0 Å². The highest BCUT2D eigenvalue weighted by atomic mass is 15.2. The van der Waals surface area contributed by atoms with Crippen molar-refractivity contribution in [2.45, 2.75) is 0 Å². The Labute approximate surface area is 275 Å². The molecule has 0 spiro atoms. The number of para-hydroxylation sites is 2. The highest BCUT2D eigenvalue weighted by Crippen LogP contribution is 2.41. The molecule has 0 aliphatic rings. The van der Waals surface area contributed by atoms with Crippen LogP contribution in [-0.4, -0.2) is 29.3 Å².